The largest absolute Gasteiger partial charge is 0.480 e. The van der Waals surface area contributed by atoms with Gasteiger partial charge < -0.3 is 14.7 Å². The first-order valence-corrected chi connectivity index (χ1v) is 7.48. The number of esters is 1. The number of carbonyl (C=O) groups is 3. The second-order valence-corrected chi connectivity index (χ2v) is 5.72. The molecule has 0 aromatic heterocycles. The van der Waals surface area contributed by atoms with E-state index in [-0.39, 0.29) is 12.5 Å². The van der Waals surface area contributed by atoms with E-state index in [1.54, 1.807) is 13.8 Å². The molecule has 126 valence electrons. The van der Waals surface area contributed by atoms with Gasteiger partial charge >= 0.3 is 11.9 Å². The topological polar surface area (TPSA) is 83.9 Å². The molecule has 1 rings (SSSR count). The van der Waals surface area contributed by atoms with Crippen molar-refractivity contribution in [3.05, 3.63) is 35.9 Å². The minimum Gasteiger partial charge on any atom is -0.480 e. The third kappa shape index (κ3) is 5.09. The fraction of sp³-hybridized carbons (Fsp3) is 0.471. The third-order valence-corrected chi connectivity index (χ3v) is 3.53. The number of carbonyl (C=O) groups excluding carboxylic acids is 2. The van der Waals surface area contributed by atoms with E-state index in [1.807, 2.05) is 30.3 Å². The molecule has 0 unspecified atom stereocenters. The Morgan fingerprint density at radius 1 is 1.13 bits per heavy atom. The van der Waals surface area contributed by atoms with Crippen LogP contribution in [-0.2, 0) is 25.7 Å². The van der Waals surface area contributed by atoms with Gasteiger partial charge in [-0.1, -0.05) is 44.2 Å². The molecule has 23 heavy (non-hydrogen) atoms. The second-order valence-electron chi connectivity index (χ2n) is 5.72. The monoisotopic (exact) mass is 321 g/mol. The smallest absolute Gasteiger partial charge is 0.329 e. The first-order chi connectivity index (χ1) is 10.8. The van der Waals surface area contributed by atoms with Gasteiger partial charge in [-0.3, -0.25) is 4.79 Å². The van der Waals surface area contributed by atoms with E-state index < -0.39 is 29.9 Å². The van der Waals surface area contributed by atoms with Gasteiger partial charge in [-0.15, -0.1) is 0 Å². The van der Waals surface area contributed by atoms with Crippen molar-refractivity contribution in [1.29, 1.82) is 0 Å². The van der Waals surface area contributed by atoms with E-state index in [0.717, 1.165) is 10.5 Å². The van der Waals surface area contributed by atoms with Crippen LogP contribution in [0.15, 0.2) is 30.3 Å². The first-order valence-electron chi connectivity index (χ1n) is 7.48. The van der Waals surface area contributed by atoms with E-state index in [1.165, 1.54) is 13.8 Å². The number of ether oxygens (including phenoxy) is 1. The Kier molecular flexibility index (Phi) is 6.75. The Morgan fingerprint density at radius 2 is 1.70 bits per heavy atom. The van der Waals surface area contributed by atoms with Gasteiger partial charge in [-0.25, -0.2) is 9.59 Å². The summed E-state index contributed by atoms with van der Waals surface area (Å²) in [6, 6.07) is 7.11. The molecule has 6 heteroatoms. The van der Waals surface area contributed by atoms with Crippen LogP contribution in [0.3, 0.4) is 0 Å². The number of nitrogens with zero attached hydrogens (tertiary/aromatic N) is 1. The summed E-state index contributed by atoms with van der Waals surface area (Å²) in [7, 11) is 0. The van der Waals surface area contributed by atoms with Gasteiger partial charge in [0.25, 0.3) is 0 Å². The molecule has 0 aliphatic rings. The van der Waals surface area contributed by atoms with Crippen molar-refractivity contribution in [2.45, 2.75) is 46.4 Å². The SMILES string of the molecule is CC(=O)N([C@H](C(=O)OCc1ccccc1)C(C)C)[C@@H](C)C(=O)O. The molecule has 6 nitrogen and oxygen atoms in total. The van der Waals surface area contributed by atoms with Gasteiger partial charge in [0.1, 0.15) is 18.7 Å². The molecule has 0 aliphatic heterocycles. The van der Waals surface area contributed by atoms with Crippen LogP contribution >= 0.6 is 0 Å². The summed E-state index contributed by atoms with van der Waals surface area (Å²) < 4.78 is 5.29. The second kappa shape index (κ2) is 8.31. The van der Waals surface area contributed by atoms with Gasteiger partial charge in [0, 0.05) is 6.92 Å². The Bertz CT molecular complexity index is 555. The molecule has 1 aromatic rings. The van der Waals surface area contributed by atoms with Gasteiger partial charge in [0.05, 0.1) is 0 Å². The van der Waals surface area contributed by atoms with Crippen molar-refractivity contribution in [2.24, 2.45) is 5.92 Å². The molecular formula is C17H23NO5. The van der Waals surface area contributed by atoms with Gasteiger partial charge in [0.15, 0.2) is 0 Å². The van der Waals surface area contributed by atoms with E-state index in [4.69, 9.17) is 4.74 Å². The van der Waals surface area contributed by atoms with Crippen molar-refractivity contribution in [3.63, 3.8) is 0 Å². The van der Waals surface area contributed by atoms with Crippen molar-refractivity contribution >= 4 is 17.8 Å². The lowest BCUT2D eigenvalue weighted by atomic mass is 10.0. The zero-order valence-corrected chi connectivity index (χ0v) is 13.9. The molecule has 0 saturated heterocycles. The maximum atomic E-state index is 12.4. The Labute approximate surface area is 136 Å². The molecular weight excluding hydrogens is 298 g/mol. The summed E-state index contributed by atoms with van der Waals surface area (Å²) in [5.41, 5.74) is 0.823. The summed E-state index contributed by atoms with van der Waals surface area (Å²) in [6.45, 7) is 6.21. The van der Waals surface area contributed by atoms with Crippen molar-refractivity contribution in [3.8, 4) is 0 Å². The Balaban J connectivity index is 2.92. The molecule has 2 atom stereocenters. The van der Waals surface area contributed by atoms with E-state index in [9.17, 15) is 19.5 Å². The molecule has 0 fully saturated rings. The number of hydrogen-bond acceptors (Lipinski definition) is 4. The summed E-state index contributed by atoms with van der Waals surface area (Å²) in [4.78, 5) is 36.6. The molecule has 0 aliphatic carbocycles. The zero-order chi connectivity index (χ0) is 17.6. The normalized spacial score (nSPS) is 13.3. The minimum absolute atomic E-state index is 0.0795. The minimum atomic E-state index is -1.17. The molecule has 0 bridgehead atoms. The highest BCUT2D eigenvalue weighted by Crippen LogP contribution is 2.18. The summed E-state index contributed by atoms with van der Waals surface area (Å²) in [5, 5.41) is 9.18. The van der Waals surface area contributed by atoms with E-state index >= 15 is 0 Å². The number of hydrogen-bond donors (Lipinski definition) is 1. The quantitative estimate of drug-likeness (QED) is 0.777. The van der Waals surface area contributed by atoms with Gasteiger partial charge in [-0.2, -0.15) is 0 Å². The number of carboxylic acids is 1. The van der Waals surface area contributed by atoms with Crippen molar-refractivity contribution < 1.29 is 24.2 Å². The summed E-state index contributed by atoms with van der Waals surface area (Å²) in [6.07, 6.45) is 0. The number of benzene rings is 1. The van der Waals surface area contributed by atoms with Crippen LogP contribution in [0.1, 0.15) is 33.3 Å². The fourth-order valence-corrected chi connectivity index (χ4v) is 2.35. The number of amides is 1. The molecule has 0 radical (unpaired) electrons. The van der Waals surface area contributed by atoms with Gasteiger partial charge in [-0.05, 0) is 18.4 Å². The van der Waals surface area contributed by atoms with Crippen LogP contribution in [0.5, 0.6) is 0 Å². The molecule has 0 spiro atoms. The lowest BCUT2D eigenvalue weighted by molar-refractivity contribution is -0.163. The highest BCUT2D eigenvalue weighted by atomic mass is 16.5. The maximum Gasteiger partial charge on any atom is 0.329 e. The molecule has 1 amide bonds. The van der Waals surface area contributed by atoms with E-state index in [2.05, 4.69) is 0 Å². The molecule has 1 N–H and O–H groups in total. The van der Waals surface area contributed by atoms with Crippen LogP contribution in [0.4, 0.5) is 0 Å². The van der Waals surface area contributed by atoms with Crippen molar-refractivity contribution in [2.75, 3.05) is 0 Å². The standard InChI is InChI=1S/C17H23NO5/c1-11(2)15(18(13(4)19)12(3)16(20)21)17(22)23-10-14-8-6-5-7-9-14/h5-9,11-12,15H,10H2,1-4H3,(H,20,21)/t12-,15-/m0/s1. The third-order valence-electron chi connectivity index (χ3n) is 3.53. The molecule has 1 aromatic carbocycles. The van der Waals surface area contributed by atoms with Crippen LogP contribution in [0, 0.1) is 5.92 Å². The van der Waals surface area contributed by atoms with Crippen LogP contribution in [0.2, 0.25) is 0 Å². The molecule has 0 heterocycles. The fourth-order valence-electron chi connectivity index (χ4n) is 2.35. The molecule has 0 saturated carbocycles. The number of rotatable bonds is 7. The lowest BCUT2D eigenvalue weighted by Crippen LogP contribution is -2.54. The highest BCUT2D eigenvalue weighted by molar-refractivity contribution is 5.87. The van der Waals surface area contributed by atoms with Crippen LogP contribution in [0.25, 0.3) is 0 Å². The van der Waals surface area contributed by atoms with E-state index in [0.29, 0.717) is 0 Å². The number of carboxylic acid groups (broad SMARTS) is 1. The predicted molar refractivity (Wildman–Crippen MR) is 84.5 cm³/mol. The predicted octanol–water partition coefficient (Wildman–Crippen LogP) is 2.08. The Morgan fingerprint density at radius 3 is 2.13 bits per heavy atom. The summed E-state index contributed by atoms with van der Waals surface area (Å²) in [5.74, 6) is -2.52. The Hall–Kier alpha value is -2.37. The van der Waals surface area contributed by atoms with Crippen molar-refractivity contribution in [1.82, 2.24) is 4.90 Å². The summed E-state index contributed by atoms with van der Waals surface area (Å²) >= 11 is 0. The van der Waals surface area contributed by atoms with Crippen LogP contribution < -0.4 is 0 Å². The first kappa shape index (κ1) is 18.7. The van der Waals surface area contributed by atoms with Gasteiger partial charge in [0.2, 0.25) is 5.91 Å². The maximum absolute atomic E-state index is 12.4. The van der Waals surface area contributed by atoms with Crippen LogP contribution in [-0.4, -0.2) is 39.9 Å². The highest BCUT2D eigenvalue weighted by Gasteiger charge is 2.37. The average molecular weight is 321 g/mol. The zero-order valence-electron chi connectivity index (χ0n) is 13.9. The average Bonchev–Trinajstić information content (AvgIpc) is 2.49. The lowest BCUT2D eigenvalue weighted by Gasteiger charge is -2.34. The number of aliphatic carboxylic acids is 1.